The van der Waals surface area contributed by atoms with E-state index in [2.05, 4.69) is 43.8 Å². The van der Waals surface area contributed by atoms with E-state index in [1.165, 1.54) is 5.56 Å². The molecular formula is C19H26N6O. The first-order valence-electron chi connectivity index (χ1n) is 9.29. The largest absolute Gasteiger partial charge is 0.378 e. The number of ether oxygens (including phenoxy) is 1. The Balaban J connectivity index is 1.39. The molecule has 4 rings (SSSR count). The average molecular weight is 354 g/mol. The van der Waals surface area contributed by atoms with Crippen molar-refractivity contribution >= 4 is 11.8 Å². The highest BCUT2D eigenvalue weighted by Crippen LogP contribution is 2.22. The van der Waals surface area contributed by atoms with Gasteiger partial charge in [-0.1, -0.05) is 0 Å². The van der Waals surface area contributed by atoms with E-state index in [0.29, 0.717) is 6.04 Å². The molecule has 2 aliphatic rings. The second-order valence-corrected chi connectivity index (χ2v) is 6.96. The molecule has 138 valence electrons. The van der Waals surface area contributed by atoms with Gasteiger partial charge in [0.15, 0.2) is 0 Å². The third kappa shape index (κ3) is 3.94. The van der Waals surface area contributed by atoms with E-state index in [1.54, 1.807) is 0 Å². The predicted octanol–water partition coefficient (Wildman–Crippen LogP) is 1.42. The molecule has 0 amide bonds. The van der Waals surface area contributed by atoms with Crippen molar-refractivity contribution in [1.29, 1.82) is 0 Å². The number of morpholine rings is 1. The number of likely N-dealkylation sites (tertiary alicyclic amines) is 1. The van der Waals surface area contributed by atoms with Gasteiger partial charge in [-0.2, -0.15) is 4.98 Å². The van der Waals surface area contributed by atoms with E-state index >= 15 is 0 Å². The number of aromatic nitrogens is 3. The minimum absolute atomic E-state index is 0.476. The van der Waals surface area contributed by atoms with E-state index in [1.807, 2.05) is 24.7 Å². The van der Waals surface area contributed by atoms with Gasteiger partial charge in [-0.15, -0.1) is 0 Å². The Kier molecular flexibility index (Phi) is 5.26. The van der Waals surface area contributed by atoms with Crippen molar-refractivity contribution in [2.45, 2.75) is 19.0 Å². The quantitative estimate of drug-likeness (QED) is 0.805. The molecule has 0 aliphatic carbocycles. The minimum Gasteiger partial charge on any atom is -0.378 e. The van der Waals surface area contributed by atoms with Gasteiger partial charge < -0.3 is 14.5 Å². The molecule has 2 aliphatic heterocycles. The number of pyridine rings is 1. The molecule has 1 atom stereocenters. The highest BCUT2D eigenvalue weighted by Gasteiger charge is 2.27. The highest BCUT2D eigenvalue weighted by molar-refractivity contribution is 5.44. The van der Waals surface area contributed by atoms with Gasteiger partial charge in [-0.25, -0.2) is 4.98 Å². The van der Waals surface area contributed by atoms with Crippen molar-refractivity contribution in [3.63, 3.8) is 0 Å². The van der Waals surface area contributed by atoms with Crippen molar-refractivity contribution in [3.8, 4) is 0 Å². The van der Waals surface area contributed by atoms with Crippen LogP contribution in [0.15, 0.2) is 36.8 Å². The highest BCUT2D eigenvalue weighted by atomic mass is 16.5. The Labute approximate surface area is 154 Å². The van der Waals surface area contributed by atoms with Crippen molar-refractivity contribution in [2.24, 2.45) is 0 Å². The van der Waals surface area contributed by atoms with Crippen LogP contribution in [0.5, 0.6) is 0 Å². The van der Waals surface area contributed by atoms with Crippen LogP contribution in [0, 0.1) is 0 Å². The molecule has 0 aromatic carbocycles. The zero-order valence-corrected chi connectivity index (χ0v) is 15.3. The van der Waals surface area contributed by atoms with Crippen LogP contribution in [0.2, 0.25) is 0 Å². The van der Waals surface area contributed by atoms with Gasteiger partial charge in [0.2, 0.25) is 5.95 Å². The van der Waals surface area contributed by atoms with Gasteiger partial charge in [0, 0.05) is 64.4 Å². The summed E-state index contributed by atoms with van der Waals surface area (Å²) >= 11 is 0. The second-order valence-electron chi connectivity index (χ2n) is 6.96. The topological polar surface area (TPSA) is 57.6 Å². The number of hydrogen-bond acceptors (Lipinski definition) is 7. The van der Waals surface area contributed by atoms with Crippen LogP contribution >= 0.6 is 0 Å². The molecule has 0 bridgehead atoms. The fourth-order valence-electron chi connectivity index (χ4n) is 3.66. The molecule has 2 fully saturated rings. The number of anilines is 2. The van der Waals surface area contributed by atoms with Gasteiger partial charge in [-0.3, -0.25) is 9.88 Å². The number of hydrogen-bond donors (Lipinski definition) is 0. The fraction of sp³-hybridized carbons (Fsp3) is 0.526. The lowest BCUT2D eigenvalue weighted by Gasteiger charge is -2.29. The molecule has 2 aromatic heterocycles. The summed E-state index contributed by atoms with van der Waals surface area (Å²) in [7, 11) is 2.14. The molecule has 0 N–H and O–H groups in total. The third-order valence-electron chi connectivity index (χ3n) is 5.23. The normalized spacial score (nSPS) is 21.1. The minimum atomic E-state index is 0.476. The zero-order valence-electron chi connectivity index (χ0n) is 15.3. The lowest BCUT2D eigenvalue weighted by atomic mass is 10.2. The SMILES string of the molecule is CN(c1ccnc(N2CCOCC2)n1)C1CCN(Cc2ccncc2)C1. The molecule has 7 nitrogen and oxygen atoms in total. The molecule has 0 spiro atoms. The summed E-state index contributed by atoms with van der Waals surface area (Å²) in [5, 5.41) is 0. The van der Waals surface area contributed by atoms with Crippen LogP contribution in [0.3, 0.4) is 0 Å². The van der Waals surface area contributed by atoms with Crippen molar-refractivity contribution in [2.75, 3.05) is 56.2 Å². The van der Waals surface area contributed by atoms with Gasteiger partial charge >= 0.3 is 0 Å². The summed E-state index contributed by atoms with van der Waals surface area (Å²) < 4.78 is 5.42. The van der Waals surface area contributed by atoms with Gasteiger partial charge in [0.1, 0.15) is 5.82 Å². The van der Waals surface area contributed by atoms with Crippen LogP contribution in [0.25, 0.3) is 0 Å². The van der Waals surface area contributed by atoms with Gasteiger partial charge in [0.05, 0.1) is 13.2 Å². The summed E-state index contributed by atoms with van der Waals surface area (Å²) in [5.41, 5.74) is 1.32. The Morgan fingerprint density at radius 2 is 1.92 bits per heavy atom. The molecule has 0 radical (unpaired) electrons. The number of nitrogens with zero attached hydrogens (tertiary/aromatic N) is 6. The fourth-order valence-corrected chi connectivity index (χ4v) is 3.66. The first kappa shape index (κ1) is 17.2. The maximum absolute atomic E-state index is 5.42. The second kappa shape index (κ2) is 7.97. The van der Waals surface area contributed by atoms with Crippen LogP contribution in [-0.4, -0.2) is 72.3 Å². The lowest BCUT2D eigenvalue weighted by Crippen LogP contribution is -2.38. The third-order valence-corrected chi connectivity index (χ3v) is 5.23. The molecular weight excluding hydrogens is 328 g/mol. The Bertz CT molecular complexity index is 706. The Hall–Kier alpha value is -2.25. The Morgan fingerprint density at radius 1 is 1.12 bits per heavy atom. The summed E-state index contributed by atoms with van der Waals surface area (Å²) in [6.07, 6.45) is 6.75. The van der Waals surface area contributed by atoms with Crippen LogP contribution in [-0.2, 0) is 11.3 Å². The van der Waals surface area contributed by atoms with Crippen molar-refractivity contribution < 1.29 is 4.74 Å². The average Bonchev–Trinajstić information content (AvgIpc) is 3.17. The molecule has 2 aromatic rings. The smallest absolute Gasteiger partial charge is 0.227 e. The molecule has 2 saturated heterocycles. The first-order chi connectivity index (χ1) is 12.8. The maximum atomic E-state index is 5.42. The molecule has 7 heteroatoms. The maximum Gasteiger partial charge on any atom is 0.227 e. The van der Waals surface area contributed by atoms with Crippen LogP contribution in [0.1, 0.15) is 12.0 Å². The standard InChI is InChI=1S/C19H26N6O/c1-23(17-5-9-24(15-17)14-16-2-6-20-7-3-16)18-4-8-21-19(22-18)25-10-12-26-13-11-25/h2-4,6-8,17H,5,9-15H2,1H3. The summed E-state index contributed by atoms with van der Waals surface area (Å²) in [4.78, 5) is 20.4. The van der Waals surface area contributed by atoms with Crippen molar-refractivity contribution in [3.05, 3.63) is 42.4 Å². The predicted molar refractivity (Wildman–Crippen MR) is 101 cm³/mol. The zero-order chi connectivity index (χ0) is 17.8. The Morgan fingerprint density at radius 3 is 2.73 bits per heavy atom. The first-order valence-corrected chi connectivity index (χ1v) is 9.29. The van der Waals surface area contributed by atoms with Gasteiger partial charge in [-0.05, 0) is 30.2 Å². The van der Waals surface area contributed by atoms with E-state index in [4.69, 9.17) is 9.72 Å². The lowest BCUT2D eigenvalue weighted by molar-refractivity contribution is 0.122. The van der Waals surface area contributed by atoms with Gasteiger partial charge in [0.25, 0.3) is 0 Å². The summed E-state index contributed by atoms with van der Waals surface area (Å²) in [6.45, 7) is 6.35. The molecule has 0 saturated carbocycles. The van der Waals surface area contributed by atoms with E-state index in [-0.39, 0.29) is 0 Å². The van der Waals surface area contributed by atoms with E-state index in [0.717, 1.165) is 64.1 Å². The monoisotopic (exact) mass is 354 g/mol. The summed E-state index contributed by atoms with van der Waals surface area (Å²) in [6, 6.07) is 6.67. The molecule has 1 unspecified atom stereocenters. The molecule has 26 heavy (non-hydrogen) atoms. The van der Waals surface area contributed by atoms with Crippen LogP contribution in [0.4, 0.5) is 11.8 Å². The van der Waals surface area contributed by atoms with Crippen LogP contribution < -0.4 is 9.80 Å². The van der Waals surface area contributed by atoms with E-state index < -0.39 is 0 Å². The number of likely N-dealkylation sites (N-methyl/N-ethyl adjacent to an activating group) is 1. The summed E-state index contributed by atoms with van der Waals surface area (Å²) in [5.74, 6) is 1.81. The molecule has 4 heterocycles. The number of rotatable bonds is 5. The van der Waals surface area contributed by atoms with E-state index in [9.17, 15) is 0 Å². The van der Waals surface area contributed by atoms with Crippen molar-refractivity contribution in [1.82, 2.24) is 19.9 Å².